The molecule has 0 spiro atoms. The molecule has 3 nitrogen and oxygen atoms in total. The highest BCUT2D eigenvalue weighted by Gasteiger charge is 2.03. The van der Waals surface area contributed by atoms with Crippen LogP contribution in [0.25, 0.3) is 0 Å². The highest BCUT2D eigenvalue weighted by atomic mass is 19.1. The second kappa shape index (κ2) is 5.32. The van der Waals surface area contributed by atoms with Crippen molar-refractivity contribution in [3.63, 3.8) is 0 Å². The average molecular weight is 199 g/mol. The third kappa shape index (κ3) is 2.52. The lowest BCUT2D eigenvalue weighted by Crippen LogP contribution is -2.04. The fourth-order valence-corrected chi connectivity index (χ4v) is 1.13. The number of rotatable bonds is 5. The van der Waals surface area contributed by atoms with Gasteiger partial charge >= 0.3 is 0 Å². The van der Waals surface area contributed by atoms with E-state index in [4.69, 9.17) is 9.47 Å². The Morgan fingerprint density at radius 2 is 2.07 bits per heavy atom. The van der Waals surface area contributed by atoms with Gasteiger partial charge in [0.25, 0.3) is 0 Å². The van der Waals surface area contributed by atoms with Gasteiger partial charge in [0.1, 0.15) is 18.2 Å². The maximum atomic E-state index is 12.0. The quantitative estimate of drug-likeness (QED) is 0.787. The summed E-state index contributed by atoms with van der Waals surface area (Å²) in [5.74, 6) is 1.39. The van der Waals surface area contributed by atoms with E-state index in [-0.39, 0.29) is 6.54 Å². The molecule has 1 N–H and O–H groups in total. The standard InChI is InChI=1S/C10H14FNO2/c1-13-8-3-4-10(14-2)9(7-8)12-6-5-11/h3-4,7,12H,5-6H2,1-2H3. The number of hydrogen-bond acceptors (Lipinski definition) is 3. The average Bonchev–Trinajstić information content (AvgIpc) is 2.25. The molecule has 0 atom stereocenters. The van der Waals surface area contributed by atoms with Gasteiger partial charge < -0.3 is 14.8 Å². The van der Waals surface area contributed by atoms with Crippen LogP contribution in [0.3, 0.4) is 0 Å². The molecule has 1 rings (SSSR count). The Morgan fingerprint density at radius 3 is 2.64 bits per heavy atom. The molecule has 0 amide bonds. The summed E-state index contributed by atoms with van der Waals surface area (Å²) < 4.78 is 22.1. The van der Waals surface area contributed by atoms with Crippen molar-refractivity contribution in [3.05, 3.63) is 18.2 Å². The molecular weight excluding hydrogens is 185 g/mol. The normalized spacial score (nSPS) is 9.64. The van der Waals surface area contributed by atoms with Crippen LogP contribution in [-0.4, -0.2) is 27.4 Å². The van der Waals surface area contributed by atoms with E-state index in [2.05, 4.69) is 5.32 Å². The van der Waals surface area contributed by atoms with Gasteiger partial charge in [-0.1, -0.05) is 0 Å². The number of hydrogen-bond donors (Lipinski definition) is 1. The Kier molecular flexibility index (Phi) is 4.04. The first kappa shape index (κ1) is 10.6. The fraction of sp³-hybridized carbons (Fsp3) is 0.400. The van der Waals surface area contributed by atoms with Crippen LogP contribution >= 0.6 is 0 Å². The highest BCUT2D eigenvalue weighted by Crippen LogP contribution is 2.28. The summed E-state index contributed by atoms with van der Waals surface area (Å²) in [5.41, 5.74) is 0.740. The molecule has 0 aliphatic carbocycles. The monoisotopic (exact) mass is 199 g/mol. The number of alkyl halides is 1. The Hall–Kier alpha value is -1.45. The van der Waals surface area contributed by atoms with Crippen LogP contribution in [0.4, 0.5) is 10.1 Å². The van der Waals surface area contributed by atoms with E-state index >= 15 is 0 Å². The molecule has 0 aliphatic heterocycles. The molecular formula is C10H14FNO2. The minimum Gasteiger partial charge on any atom is -0.497 e. The Balaban J connectivity index is 2.84. The van der Waals surface area contributed by atoms with Gasteiger partial charge in [0.05, 0.1) is 19.9 Å². The molecule has 14 heavy (non-hydrogen) atoms. The molecule has 1 aromatic rings. The summed E-state index contributed by atoms with van der Waals surface area (Å²) >= 11 is 0. The lowest BCUT2D eigenvalue weighted by molar-refractivity contribution is 0.404. The molecule has 0 saturated heterocycles. The number of halogens is 1. The molecule has 0 radical (unpaired) electrons. The molecule has 1 aromatic carbocycles. The molecule has 0 unspecified atom stereocenters. The first-order valence-corrected chi connectivity index (χ1v) is 4.33. The molecule has 0 heterocycles. The van der Waals surface area contributed by atoms with Gasteiger partial charge in [0, 0.05) is 12.6 Å². The zero-order valence-electron chi connectivity index (χ0n) is 8.34. The van der Waals surface area contributed by atoms with E-state index in [0.29, 0.717) is 11.5 Å². The van der Waals surface area contributed by atoms with Crippen molar-refractivity contribution in [3.8, 4) is 11.5 Å². The third-order valence-electron chi connectivity index (χ3n) is 1.82. The van der Waals surface area contributed by atoms with Gasteiger partial charge in [-0.15, -0.1) is 0 Å². The summed E-state index contributed by atoms with van der Waals surface area (Å²) in [7, 11) is 3.16. The van der Waals surface area contributed by atoms with Gasteiger partial charge in [0.15, 0.2) is 0 Å². The first-order valence-electron chi connectivity index (χ1n) is 4.33. The predicted molar refractivity (Wildman–Crippen MR) is 54.0 cm³/mol. The van der Waals surface area contributed by atoms with Crippen LogP contribution in [0.5, 0.6) is 11.5 Å². The SMILES string of the molecule is COc1ccc(OC)c(NCCF)c1. The molecule has 0 aliphatic rings. The van der Waals surface area contributed by atoms with Crippen LogP contribution < -0.4 is 14.8 Å². The van der Waals surface area contributed by atoms with E-state index in [9.17, 15) is 4.39 Å². The van der Waals surface area contributed by atoms with Crippen molar-refractivity contribution in [2.24, 2.45) is 0 Å². The van der Waals surface area contributed by atoms with Gasteiger partial charge in [-0.3, -0.25) is 0 Å². The Labute approximate surface area is 82.8 Å². The van der Waals surface area contributed by atoms with Crippen molar-refractivity contribution in [2.45, 2.75) is 0 Å². The van der Waals surface area contributed by atoms with Gasteiger partial charge in [-0.25, -0.2) is 4.39 Å². The van der Waals surface area contributed by atoms with Crippen LogP contribution in [0, 0.1) is 0 Å². The number of ether oxygens (including phenoxy) is 2. The van der Waals surface area contributed by atoms with Gasteiger partial charge in [-0.2, -0.15) is 0 Å². The summed E-state index contributed by atoms with van der Waals surface area (Å²) in [6, 6.07) is 5.34. The molecule has 0 aromatic heterocycles. The van der Waals surface area contributed by atoms with E-state index in [1.54, 1.807) is 32.4 Å². The zero-order valence-corrected chi connectivity index (χ0v) is 8.34. The highest BCUT2D eigenvalue weighted by molar-refractivity contribution is 5.59. The maximum Gasteiger partial charge on any atom is 0.142 e. The number of benzene rings is 1. The number of methoxy groups -OCH3 is 2. The van der Waals surface area contributed by atoms with Crippen LogP contribution in [0.15, 0.2) is 18.2 Å². The van der Waals surface area contributed by atoms with E-state index in [1.165, 1.54) is 0 Å². The number of nitrogens with one attached hydrogen (secondary N) is 1. The summed E-state index contributed by atoms with van der Waals surface area (Å²) in [6.07, 6.45) is 0. The molecule has 0 saturated carbocycles. The summed E-state index contributed by atoms with van der Waals surface area (Å²) in [5, 5.41) is 2.91. The van der Waals surface area contributed by atoms with E-state index in [0.717, 1.165) is 5.69 Å². The minimum atomic E-state index is -0.416. The van der Waals surface area contributed by atoms with E-state index < -0.39 is 6.67 Å². The Bertz CT molecular complexity index is 291. The topological polar surface area (TPSA) is 30.5 Å². The van der Waals surface area contributed by atoms with Crippen molar-refractivity contribution in [1.82, 2.24) is 0 Å². The third-order valence-corrected chi connectivity index (χ3v) is 1.82. The fourth-order valence-electron chi connectivity index (χ4n) is 1.13. The van der Waals surface area contributed by atoms with Crippen LogP contribution in [0.2, 0.25) is 0 Å². The molecule has 78 valence electrons. The second-order valence-corrected chi connectivity index (χ2v) is 2.68. The number of anilines is 1. The van der Waals surface area contributed by atoms with Crippen LogP contribution in [0.1, 0.15) is 0 Å². The van der Waals surface area contributed by atoms with Crippen molar-refractivity contribution in [2.75, 3.05) is 32.8 Å². The van der Waals surface area contributed by atoms with Crippen LogP contribution in [-0.2, 0) is 0 Å². The maximum absolute atomic E-state index is 12.0. The van der Waals surface area contributed by atoms with Crippen molar-refractivity contribution < 1.29 is 13.9 Å². The summed E-state index contributed by atoms with van der Waals surface area (Å²) in [4.78, 5) is 0. The minimum absolute atomic E-state index is 0.267. The largest absolute Gasteiger partial charge is 0.497 e. The lowest BCUT2D eigenvalue weighted by atomic mass is 10.2. The molecule has 4 heteroatoms. The Morgan fingerprint density at radius 1 is 1.29 bits per heavy atom. The van der Waals surface area contributed by atoms with Gasteiger partial charge in [-0.05, 0) is 12.1 Å². The molecule has 0 fully saturated rings. The summed E-state index contributed by atoms with van der Waals surface area (Å²) in [6.45, 7) is -0.149. The predicted octanol–water partition coefficient (Wildman–Crippen LogP) is 2.09. The van der Waals surface area contributed by atoms with E-state index in [1.807, 2.05) is 0 Å². The zero-order chi connectivity index (χ0) is 10.4. The lowest BCUT2D eigenvalue weighted by Gasteiger charge is -2.11. The smallest absolute Gasteiger partial charge is 0.142 e. The van der Waals surface area contributed by atoms with Crippen molar-refractivity contribution >= 4 is 5.69 Å². The molecule has 0 bridgehead atoms. The van der Waals surface area contributed by atoms with Crippen molar-refractivity contribution in [1.29, 1.82) is 0 Å². The second-order valence-electron chi connectivity index (χ2n) is 2.68. The first-order chi connectivity index (χ1) is 6.81. The van der Waals surface area contributed by atoms with Gasteiger partial charge in [0.2, 0.25) is 0 Å².